The van der Waals surface area contributed by atoms with E-state index in [0.717, 1.165) is 5.69 Å². The van der Waals surface area contributed by atoms with Crippen LogP contribution in [0.1, 0.15) is 5.69 Å². The van der Waals surface area contributed by atoms with Crippen LogP contribution in [0.4, 0.5) is 5.82 Å². The lowest BCUT2D eigenvalue weighted by Crippen LogP contribution is -1.95. The van der Waals surface area contributed by atoms with Crippen LogP contribution in [0.15, 0.2) is 29.4 Å². The molecular formula is C10H8Cl2N4S. The molecule has 0 bridgehead atoms. The van der Waals surface area contributed by atoms with Crippen LogP contribution in [0.3, 0.4) is 0 Å². The first-order valence-electron chi connectivity index (χ1n) is 4.68. The minimum atomic E-state index is 0.332. The molecule has 0 aliphatic rings. The number of anilines is 1. The van der Waals surface area contributed by atoms with Gasteiger partial charge < -0.3 is 5.73 Å². The summed E-state index contributed by atoms with van der Waals surface area (Å²) < 4.78 is 0. The zero-order valence-corrected chi connectivity index (χ0v) is 10.9. The summed E-state index contributed by atoms with van der Waals surface area (Å²) in [5.41, 5.74) is 6.42. The van der Waals surface area contributed by atoms with Crippen molar-refractivity contribution in [2.45, 2.75) is 10.9 Å². The molecule has 2 aromatic rings. The van der Waals surface area contributed by atoms with Crippen LogP contribution >= 0.6 is 35.0 Å². The van der Waals surface area contributed by atoms with E-state index >= 15 is 0 Å². The van der Waals surface area contributed by atoms with Crippen molar-refractivity contribution in [1.29, 1.82) is 0 Å². The van der Waals surface area contributed by atoms with E-state index in [0.29, 0.717) is 27.0 Å². The average Bonchev–Trinajstić information content (AvgIpc) is 2.25. The Morgan fingerprint density at radius 1 is 1.12 bits per heavy atom. The molecule has 2 heterocycles. The molecule has 2 rings (SSSR count). The van der Waals surface area contributed by atoms with Crippen LogP contribution in [0, 0.1) is 0 Å². The fourth-order valence-electron chi connectivity index (χ4n) is 1.15. The Morgan fingerprint density at radius 2 is 1.94 bits per heavy atom. The fraction of sp³-hybridized carbons (Fsp3) is 0.100. The minimum absolute atomic E-state index is 0.332. The maximum atomic E-state index is 5.78. The molecule has 4 nitrogen and oxygen atoms in total. The molecule has 0 radical (unpaired) electrons. The van der Waals surface area contributed by atoms with Gasteiger partial charge in [-0.25, -0.2) is 15.0 Å². The molecule has 88 valence electrons. The number of halogens is 2. The second-order valence-electron chi connectivity index (χ2n) is 3.14. The normalized spacial score (nSPS) is 10.5. The first-order chi connectivity index (χ1) is 8.13. The van der Waals surface area contributed by atoms with Crippen molar-refractivity contribution in [3.05, 3.63) is 40.3 Å². The monoisotopic (exact) mass is 286 g/mol. The lowest BCUT2D eigenvalue weighted by atomic mass is 10.4. The maximum absolute atomic E-state index is 5.78. The van der Waals surface area contributed by atoms with Crippen LogP contribution < -0.4 is 5.73 Å². The number of rotatable bonds is 3. The maximum Gasteiger partial charge on any atom is 0.191 e. The summed E-state index contributed by atoms with van der Waals surface area (Å²) in [6, 6.07) is 6.96. The Hall–Kier alpha value is -1.04. The van der Waals surface area contributed by atoms with Gasteiger partial charge in [-0.3, -0.25) is 0 Å². The number of hydrogen-bond donors (Lipinski definition) is 1. The molecule has 0 saturated carbocycles. The Balaban J connectivity index is 2.07. The summed E-state index contributed by atoms with van der Waals surface area (Å²) in [7, 11) is 0. The van der Waals surface area contributed by atoms with Crippen molar-refractivity contribution in [3.8, 4) is 0 Å². The predicted octanol–water partition coefficient (Wildman–Crippen LogP) is 3.05. The quantitative estimate of drug-likeness (QED) is 0.407. The first kappa shape index (κ1) is 12.4. The molecule has 0 amide bonds. The fourth-order valence-corrected chi connectivity index (χ4v) is 2.34. The number of pyridine rings is 1. The minimum Gasteiger partial charge on any atom is -0.384 e. The highest BCUT2D eigenvalue weighted by Crippen LogP contribution is 2.21. The highest BCUT2D eigenvalue weighted by molar-refractivity contribution is 7.98. The summed E-state index contributed by atoms with van der Waals surface area (Å²) in [6.07, 6.45) is 0. The van der Waals surface area contributed by atoms with Crippen LogP contribution in [0.5, 0.6) is 0 Å². The van der Waals surface area contributed by atoms with Gasteiger partial charge in [-0.15, -0.1) is 0 Å². The summed E-state index contributed by atoms with van der Waals surface area (Å²) in [6.45, 7) is 0. The van der Waals surface area contributed by atoms with Crippen molar-refractivity contribution in [2.24, 2.45) is 0 Å². The van der Waals surface area contributed by atoms with E-state index < -0.39 is 0 Å². The van der Waals surface area contributed by atoms with Gasteiger partial charge in [0, 0.05) is 11.8 Å². The molecule has 0 unspecified atom stereocenters. The Morgan fingerprint density at radius 3 is 2.65 bits per heavy atom. The number of aromatic nitrogens is 3. The van der Waals surface area contributed by atoms with Gasteiger partial charge in [-0.05, 0) is 12.1 Å². The van der Waals surface area contributed by atoms with Crippen molar-refractivity contribution in [3.63, 3.8) is 0 Å². The van der Waals surface area contributed by atoms with Gasteiger partial charge in [0.1, 0.15) is 16.1 Å². The number of nitrogen functional groups attached to an aromatic ring is 1. The smallest absolute Gasteiger partial charge is 0.191 e. The van der Waals surface area contributed by atoms with Gasteiger partial charge in [0.2, 0.25) is 0 Å². The molecule has 0 atom stereocenters. The van der Waals surface area contributed by atoms with E-state index in [2.05, 4.69) is 15.0 Å². The van der Waals surface area contributed by atoms with Gasteiger partial charge in [0.15, 0.2) is 5.16 Å². The topological polar surface area (TPSA) is 64.7 Å². The Bertz CT molecular complexity index is 515. The summed E-state index contributed by atoms with van der Waals surface area (Å²) in [4.78, 5) is 12.3. The van der Waals surface area contributed by atoms with E-state index in [4.69, 9.17) is 28.9 Å². The number of nitrogens with zero attached hydrogens (tertiary/aromatic N) is 3. The largest absolute Gasteiger partial charge is 0.384 e. The Labute approximate surface area is 113 Å². The van der Waals surface area contributed by atoms with Gasteiger partial charge >= 0.3 is 0 Å². The van der Waals surface area contributed by atoms with Crippen LogP contribution in [-0.2, 0) is 5.75 Å². The SMILES string of the molecule is Nc1cc(Cl)nc(SCc2cccc(Cl)n2)n1. The lowest BCUT2D eigenvalue weighted by molar-refractivity contribution is 0.974. The predicted molar refractivity (Wildman–Crippen MR) is 70.3 cm³/mol. The molecular weight excluding hydrogens is 279 g/mol. The van der Waals surface area contributed by atoms with Crippen LogP contribution in [0.25, 0.3) is 0 Å². The second-order valence-corrected chi connectivity index (χ2v) is 4.86. The van der Waals surface area contributed by atoms with Gasteiger partial charge in [0.25, 0.3) is 0 Å². The standard InChI is InChI=1S/C10H8Cl2N4S/c11-7-3-1-2-6(14-7)5-17-10-15-8(12)4-9(13)16-10/h1-4H,5H2,(H2,13,15,16). The van der Waals surface area contributed by atoms with E-state index in [1.54, 1.807) is 6.07 Å². The summed E-state index contributed by atoms with van der Waals surface area (Å²) in [5.74, 6) is 0.965. The van der Waals surface area contributed by atoms with Gasteiger partial charge in [0.05, 0.1) is 5.69 Å². The average molecular weight is 287 g/mol. The van der Waals surface area contributed by atoms with E-state index in [1.165, 1.54) is 17.8 Å². The first-order valence-corrected chi connectivity index (χ1v) is 6.42. The van der Waals surface area contributed by atoms with E-state index in [1.807, 2.05) is 12.1 Å². The second kappa shape index (κ2) is 5.53. The summed E-state index contributed by atoms with van der Waals surface area (Å²) in [5, 5.41) is 1.32. The molecule has 0 aromatic carbocycles. The Kier molecular flexibility index (Phi) is 4.04. The summed E-state index contributed by atoms with van der Waals surface area (Å²) >= 11 is 13.0. The molecule has 0 spiro atoms. The molecule has 0 aliphatic carbocycles. The van der Waals surface area contributed by atoms with E-state index in [-0.39, 0.29) is 0 Å². The third-order valence-electron chi connectivity index (χ3n) is 1.82. The van der Waals surface area contributed by atoms with Gasteiger partial charge in [-0.1, -0.05) is 41.0 Å². The molecule has 2 aromatic heterocycles. The van der Waals surface area contributed by atoms with Crippen molar-refractivity contribution in [1.82, 2.24) is 15.0 Å². The molecule has 17 heavy (non-hydrogen) atoms. The number of thioether (sulfide) groups is 1. The van der Waals surface area contributed by atoms with Crippen LogP contribution in [-0.4, -0.2) is 15.0 Å². The van der Waals surface area contributed by atoms with Crippen molar-refractivity contribution < 1.29 is 0 Å². The van der Waals surface area contributed by atoms with Crippen LogP contribution in [0.2, 0.25) is 10.3 Å². The molecule has 7 heteroatoms. The number of nitrogens with two attached hydrogens (primary N) is 1. The van der Waals surface area contributed by atoms with Gasteiger partial charge in [-0.2, -0.15) is 0 Å². The molecule has 0 fully saturated rings. The molecule has 0 saturated heterocycles. The molecule has 0 aliphatic heterocycles. The zero-order valence-electron chi connectivity index (χ0n) is 8.60. The zero-order chi connectivity index (χ0) is 12.3. The highest BCUT2D eigenvalue weighted by atomic mass is 35.5. The lowest BCUT2D eigenvalue weighted by Gasteiger charge is -2.02. The third kappa shape index (κ3) is 3.73. The van der Waals surface area contributed by atoms with Crippen molar-refractivity contribution >= 4 is 40.8 Å². The van der Waals surface area contributed by atoms with E-state index in [9.17, 15) is 0 Å². The molecule has 2 N–H and O–H groups in total. The van der Waals surface area contributed by atoms with Crippen molar-refractivity contribution in [2.75, 3.05) is 5.73 Å². The number of hydrogen-bond acceptors (Lipinski definition) is 5. The highest BCUT2D eigenvalue weighted by Gasteiger charge is 2.03. The third-order valence-corrected chi connectivity index (χ3v) is 3.10.